The molecule has 0 aliphatic carbocycles. The highest BCUT2D eigenvalue weighted by molar-refractivity contribution is 5.86. The first-order chi connectivity index (χ1) is 13.4. The molecule has 0 radical (unpaired) electrons. The molecule has 0 unspecified atom stereocenters. The molecular formula is C22H22N2O4. The summed E-state index contributed by atoms with van der Waals surface area (Å²) in [6, 6.07) is 13.9. The summed E-state index contributed by atoms with van der Waals surface area (Å²) >= 11 is 0. The maximum absolute atomic E-state index is 11.4. The van der Waals surface area contributed by atoms with Gasteiger partial charge in [-0.15, -0.1) is 0 Å². The lowest BCUT2D eigenvalue weighted by Crippen LogP contribution is -2.28. The molecule has 2 aromatic carbocycles. The van der Waals surface area contributed by atoms with E-state index in [0.29, 0.717) is 24.3 Å². The Morgan fingerprint density at radius 2 is 1.64 bits per heavy atom. The number of rotatable bonds is 7. The van der Waals surface area contributed by atoms with E-state index in [0.717, 1.165) is 17.8 Å². The fourth-order valence-electron chi connectivity index (χ4n) is 2.41. The van der Waals surface area contributed by atoms with Gasteiger partial charge in [0.2, 0.25) is 0 Å². The van der Waals surface area contributed by atoms with E-state index in [-0.39, 0.29) is 11.7 Å². The van der Waals surface area contributed by atoms with Crippen molar-refractivity contribution in [3.63, 3.8) is 0 Å². The first-order valence-corrected chi connectivity index (χ1v) is 8.85. The van der Waals surface area contributed by atoms with Crippen molar-refractivity contribution in [3.8, 4) is 11.8 Å². The third-order valence-electron chi connectivity index (χ3n) is 3.99. The number of carbonyl (C=O) groups excluding carboxylic acids is 1. The Hall–Kier alpha value is -3.59. The molecule has 0 aromatic heterocycles. The molecule has 0 saturated carbocycles. The summed E-state index contributed by atoms with van der Waals surface area (Å²) in [5.74, 6) is 5.66. The van der Waals surface area contributed by atoms with Crippen molar-refractivity contribution in [1.29, 1.82) is 0 Å². The van der Waals surface area contributed by atoms with Crippen LogP contribution < -0.4 is 4.90 Å². The summed E-state index contributed by atoms with van der Waals surface area (Å²) in [7, 11) is 0. The number of carbonyl (C=O) groups is 1. The van der Waals surface area contributed by atoms with Crippen LogP contribution in [-0.2, 0) is 9.53 Å². The van der Waals surface area contributed by atoms with Crippen LogP contribution in [0.25, 0.3) is 0 Å². The average molecular weight is 378 g/mol. The highest BCUT2D eigenvalue weighted by atomic mass is 16.6. The van der Waals surface area contributed by atoms with E-state index in [9.17, 15) is 14.9 Å². The van der Waals surface area contributed by atoms with Gasteiger partial charge in [0.15, 0.2) is 0 Å². The molecule has 0 bridgehead atoms. The summed E-state index contributed by atoms with van der Waals surface area (Å²) in [4.78, 5) is 23.8. The highest BCUT2D eigenvalue weighted by Crippen LogP contribution is 2.15. The van der Waals surface area contributed by atoms with E-state index in [1.807, 2.05) is 31.2 Å². The summed E-state index contributed by atoms with van der Waals surface area (Å²) in [6.07, 6.45) is 0. The number of ether oxygens (including phenoxy) is 1. The smallest absolute Gasteiger partial charge is 0.333 e. The lowest BCUT2D eigenvalue weighted by atomic mass is 10.1. The molecule has 0 aliphatic heterocycles. The van der Waals surface area contributed by atoms with Gasteiger partial charge in [-0.25, -0.2) is 4.79 Å². The minimum Gasteiger partial charge on any atom is -0.460 e. The fraction of sp³-hybridized carbons (Fsp3) is 0.227. The number of non-ortho nitro benzene ring substituents is 1. The van der Waals surface area contributed by atoms with E-state index >= 15 is 0 Å². The van der Waals surface area contributed by atoms with Gasteiger partial charge in [-0.1, -0.05) is 18.4 Å². The van der Waals surface area contributed by atoms with Gasteiger partial charge in [-0.2, -0.15) is 0 Å². The van der Waals surface area contributed by atoms with Crippen molar-refractivity contribution in [3.05, 3.63) is 81.9 Å². The van der Waals surface area contributed by atoms with Crippen LogP contribution in [0.4, 0.5) is 11.4 Å². The molecule has 0 aliphatic rings. The number of anilines is 1. The van der Waals surface area contributed by atoms with Gasteiger partial charge in [0.05, 0.1) is 11.5 Å². The predicted octanol–water partition coefficient (Wildman–Crippen LogP) is 3.94. The van der Waals surface area contributed by atoms with Crippen LogP contribution >= 0.6 is 0 Å². The number of nitro groups is 1. The molecule has 0 spiro atoms. The molecule has 0 heterocycles. The lowest BCUT2D eigenvalue weighted by molar-refractivity contribution is -0.384. The van der Waals surface area contributed by atoms with Crippen molar-refractivity contribution in [2.24, 2.45) is 0 Å². The molecule has 2 aromatic rings. The maximum atomic E-state index is 11.4. The quantitative estimate of drug-likeness (QED) is 0.240. The number of nitro benzene ring substituents is 1. The monoisotopic (exact) mass is 378 g/mol. The van der Waals surface area contributed by atoms with Crippen LogP contribution in [0.5, 0.6) is 0 Å². The summed E-state index contributed by atoms with van der Waals surface area (Å²) in [6.45, 7) is 8.87. The summed E-state index contributed by atoms with van der Waals surface area (Å²) in [5, 5.41) is 10.7. The number of esters is 1. The number of benzene rings is 2. The first-order valence-electron chi connectivity index (χ1n) is 8.85. The molecule has 0 fully saturated rings. The Morgan fingerprint density at radius 3 is 2.11 bits per heavy atom. The number of hydrogen-bond acceptors (Lipinski definition) is 5. The van der Waals surface area contributed by atoms with Gasteiger partial charge in [-0.05, 0) is 50.2 Å². The summed E-state index contributed by atoms with van der Waals surface area (Å²) in [5.41, 5.74) is 2.99. The Morgan fingerprint density at radius 1 is 1.11 bits per heavy atom. The molecule has 0 atom stereocenters. The lowest BCUT2D eigenvalue weighted by Gasteiger charge is -2.23. The van der Waals surface area contributed by atoms with Crippen LogP contribution in [-0.4, -0.2) is 30.6 Å². The molecule has 0 N–H and O–H groups in total. The zero-order chi connectivity index (χ0) is 20.5. The van der Waals surface area contributed by atoms with Crippen LogP contribution in [0.3, 0.4) is 0 Å². The Labute approximate surface area is 164 Å². The molecule has 144 valence electrons. The van der Waals surface area contributed by atoms with Crippen LogP contribution in [0.1, 0.15) is 25.0 Å². The molecule has 2 rings (SSSR count). The van der Waals surface area contributed by atoms with Crippen molar-refractivity contribution in [2.45, 2.75) is 13.8 Å². The second-order valence-corrected chi connectivity index (χ2v) is 6.10. The standard InChI is InChI=1S/C22H22N2O4/c1-4-23(15-16-28-22(25)17(2)3)20-11-7-18(8-12-20)5-6-19-9-13-21(14-10-19)24(26)27/h7-14H,2,4,15-16H2,1,3H3. The number of hydrogen-bond donors (Lipinski definition) is 0. The molecular weight excluding hydrogens is 356 g/mol. The highest BCUT2D eigenvalue weighted by Gasteiger charge is 2.07. The van der Waals surface area contributed by atoms with Gasteiger partial charge >= 0.3 is 5.97 Å². The summed E-state index contributed by atoms with van der Waals surface area (Å²) < 4.78 is 5.15. The van der Waals surface area contributed by atoms with Crippen molar-refractivity contribution >= 4 is 17.3 Å². The molecule has 0 saturated heterocycles. The van der Waals surface area contributed by atoms with Crippen LogP contribution in [0.15, 0.2) is 60.7 Å². The van der Waals surface area contributed by atoms with Gasteiger partial charge in [0.1, 0.15) is 6.61 Å². The third-order valence-corrected chi connectivity index (χ3v) is 3.99. The van der Waals surface area contributed by atoms with Gasteiger partial charge in [0.25, 0.3) is 5.69 Å². The van der Waals surface area contributed by atoms with E-state index in [1.54, 1.807) is 19.1 Å². The van der Waals surface area contributed by atoms with Crippen molar-refractivity contribution in [2.75, 3.05) is 24.6 Å². The second-order valence-electron chi connectivity index (χ2n) is 6.10. The van der Waals surface area contributed by atoms with Crippen LogP contribution in [0.2, 0.25) is 0 Å². The average Bonchev–Trinajstić information content (AvgIpc) is 2.70. The third kappa shape index (κ3) is 5.99. The largest absolute Gasteiger partial charge is 0.460 e. The normalized spacial score (nSPS) is 9.79. The Bertz CT molecular complexity index is 906. The Balaban J connectivity index is 1.99. The minimum absolute atomic E-state index is 0.0449. The van der Waals surface area contributed by atoms with Gasteiger partial charge in [0, 0.05) is 41.1 Å². The first kappa shape index (κ1) is 20.7. The van der Waals surface area contributed by atoms with E-state index in [2.05, 4.69) is 23.3 Å². The predicted molar refractivity (Wildman–Crippen MR) is 109 cm³/mol. The topological polar surface area (TPSA) is 72.7 Å². The van der Waals surface area contributed by atoms with Crippen molar-refractivity contribution < 1.29 is 14.5 Å². The molecule has 6 heteroatoms. The molecule has 0 amide bonds. The number of nitrogens with zero attached hydrogens (tertiary/aromatic N) is 2. The maximum Gasteiger partial charge on any atom is 0.333 e. The second kappa shape index (κ2) is 9.93. The van der Waals surface area contributed by atoms with E-state index in [4.69, 9.17) is 4.74 Å². The molecule has 6 nitrogen and oxygen atoms in total. The SMILES string of the molecule is C=C(C)C(=O)OCCN(CC)c1ccc(C#Cc2ccc([N+](=O)[O-])cc2)cc1. The van der Waals surface area contributed by atoms with E-state index in [1.165, 1.54) is 12.1 Å². The minimum atomic E-state index is -0.436. The zero-order valence-electron chi connectivity index (χ0n) is 16.0. The fourth-order valence-corrected chi connectivity index (χ4v) is 2.41. The zero-order valence-corrected chi connectivity index (χ0v) is 16.0. The Kier molecular flexibility index (Phi) is 7.35. The van der Waals surface area contributed by atoms with Gasteiger partial charge in [-0.3, -0.25) is 10.1 Å². The van der Waals surface area contributed by atoms with E-state index < -0.39 is 4.92 Å². The molecule has 28 heavy (non-hydrogen) atoms. The van der Waals surface area contributed by atoms with Gasteiger partial charge < -0.3 is 9.64 Å². The number of likely N-dealkylation sites (N-methyl/N-ethyl adjacent to an activating group) is 1. The van der Waals surface area contributed by atoms with Crippen molar-refractivity contribution in [1.82, 2.24) is 0 Å². The van der Waals surface area contributed by atoms with Crippen LogP contribution in [0, 0.1) is 22.0 Å².